The van der Waals surface area contributed by atoms with Gasteiger partial charge in [-0.15, -0.1) is 0 Å². The Morgan fingerprint density at radius 1 is 1.16 bits per heavy atom. The Labute approximate surface area is 162 Å². The molecule has 0 heterocycles. The van der Waals surface area contributed by atoms with Crippen LogP contribution in [0.4, 0.5) is 5.69 Å². The molecule has 10 heteroatoms. The van der Waals surface area contributed by atoms with Gasteiger partial charge in [0.25, 0.3) is 11.6 Å². The number of ether oxygens (including phenoxy) is 1. The van der Waals surface area contributed by atoms with E-state index in [1.807, 2.05) is 0 Å². The predicted octanol–water partition coefficient (Wildman–Crippen LogP) is 4.75. The predicted molar refractivity (Wildman–Crippen MR) is 96.7 cm³/mol. The summed E-state index contributed by atoms with van der Waals surface area (Å²) in [5, 5.41) is 13.4. The summed E-state index contributed by atoms with van der Waals surface area (Å²) in [6.07, 6.45) is -1.39. The molecule has 1 atom stereocenters. The lowest BCUT2D eigenvalue weighted by atomic mass is 10.2. The van der Waals surface area contributed by atoms with Crippen molar-refractivity contribution in [2.24, 2.45) is 0 Å². The minimum Gasteiger partial charge on any atom is -0.464 e. The number of halogens is 4. The first-order chi connectivity index (χ1) is 11.7. The highest BCUT2D eigenvalue weighted by atomic mass is 35.6. The van der Waals surface area contributed by atoms with Crippen molar-refractivity contribution >= 4 is 58.0 Å². The van der Waals surface area contributed by atoms with Gasteiger partial charge < -0.3 is 10.1 Å². The van der Waals surface area contributed by atoms with Gasteiger partial charge in [0.05, 0.1) is 9.95 Å². The number of nitrogens with zero attached hydrogens (tertiary/aromatic N) is 1. The maximum atomic E-state index is 12.3. The number of hydrogen-bond donors (Lipinski definition) is 1. The number of carbonyl (C=O) groups is 1. The van der Waals surface area contributed by atoms with Crippen LogP contribution in [0.3, 0.4) is 0 Å². The highest BCUT2D eigenvalue weighted by Crippen LogP contribution is 2.34. The van der Waals surface area contributed by atoms with Crippen molar-refractivity contribution < 1.29 is 14.5 Å². The number of rotatable bonds is 5. The van der Waals surface area contributed by atoms with Crippen LogP contribution in [-0.4, -0.2) is 20.9 Å². The van der Waals surface area contributed by atoms with E-state index in [0.29, 0.717) is 0 Å². The van der Waals surface area contributed by atoms with Crippen molar-refractivity contribution in [3.8, 4) is 5.75 Å². The molecule has 1 N–H and O–H groups in total. The molecule has 25 heavy (non-hydrogen) atoms. The molecule has 0 bridgehead atoms. The molecule has 2 aromatic carbocycles. The molecule has 0 aliphatic heterocycles. The summed E-state index contributed by atoms with van der Waals surface area (Å²) < 4.78 is 3.47. The summed E-state index contributed by atoms with van der Waals surface area (Å²) in [5.74, 6) is -0.521. The summed E-state index contributed by atoms with van der Waals surface area (Å²) in [7, 11) is 0. The van der Waals surface area contributed by atoms with E-state index in [1.165, 1.54) is 24.3 Å². The minimum absolute atomic E-state index is 0.0104. The van der Waals surface area contributed by atoms with Gasteiger partial charge in [-0.1, -0.05) is 64.6 Å². The van der Waals surface area contributed by atoms with E-state index >= 15 is 0 Å². The van der Waals surface area contributed by atoms with E-state index in [0.717, 1.165) is 6.07 Å². The van der Waals surface area contributed by atoms with E-state index in [2.05, 4.69) is 5.32 Å². The van der Waals surface area contributed by atoms with Crippen molar-refractivity contribution in [2.45, 2.75) is 10.0 Å². The molecule has 2 rings (SSSR count). The van der Waals surface area contributed by atoms with E-state index in [9.17, 15) is 14.9 Å². The number of amides is 1. The molecule has 2 aromatic rings. The number of nitro benzene ring substituents is 1. The second-order valence-corrected chi connectivity index (χ2v) is 7.53. The Balaban J connectivity index is 2.23. The first-order valence-corrected chi connectivity index (χ1v) is 8.23. The second kappa shape index (κ2) is 8.10. The topological polar surface area (TPSA) is 81.5 Å². The number of nitro groups is 1. The molecule has 0 aliphatic rings. The highest BCUT2D eigenvalue weighted by molar-refractivity contribution is 6.68. The zero-order chi connectivity index (χ0) is 18.6. The largest absolute Gasteiger partial charge is 0.464 e. The van der Waals surface area contributed by atoms with Crippen LogP contribution in [0.2, 0.25) is 5.02 Å². The molecule has 1 amide bonds. The maximum absolute atomic E-state index is 12.3. The standard InChI is InChI=1S/C15H10Cl4N2O4/c16-11-6-1-2-7-12(11)25-14(15(17,18)19)20-13(22)9-4-3-5-10(8-9)21(23)24/h1-8,14H,(H,20,22)/t14-/m0/s1. The van der Waals surface area contributed by atoms with Crippen LogP contribution in [0, 0.1) is 10.1 Å². The molecule has 0 unspecified atom stereocenters. The molecule has 132 valence electrons. The van der Waals surface area contributed by atoms with Gasteiger partial charge >= 0.3 is 0 Å². The molecular weight excluding hydrogens is 414 g/mol. The van der Waals surface area contributed by atoms with Crippen LogP contribution >= 0.6 is 46.4 Å². The lowest BCUT2D eigenvalue weighted by Crippen LogP contribution is -2.47. The molecule has 6 nitrogen and oxygen atoms in total. The molecule has 0 saturated heterocycles. The van der Waals surface area contributed by atoms with Crippen LogP contribution in [0.1, 0.15) is 10.4 Å². The average molecular weight is 424 g/mol. The molecule has 0 fully saturated rings. The summed E-state index contributed by atoms with van der Waals surface area (Å²) in [6.45, 7) is 0. The Morgan fingerprint density at radius 2 is 1.84 bits per heavy atom. The molecule has 0 radical (unpaired) electrons. The quantitative estimate of drug-likeness (QED) is 0.325. The van der Waals surface area contributed by atoms with Crippen LogP contribution in [-0.2, 0) is 0 Å². The van der Waals surface area contributed by atoms with Gasteiger partial charge in [0.15, 0.2) is 0 Å². The lowest BCUT2D eigenvalue weighted by molar-refractivity contribution is -0.384. The van der Waals surface area contributed by atoms with Crippen molar-refractivity contribution in [1.82, 2.24) is 5.32 Å². The van der Waals surface area contributed by atoms with Crippen LogP contribution in [0.15, 0.2) is 48.5 Å². The number of carbonyl (C=O) groups excluding carboxylic acids is 1. The summed E-state index contributed by atoms with van der Waals surface area (Å²) in [4.78, 5) is 22.5. The zero-order valence-electron chi connectivity index (χ0n) is 12.3. The number of hydrogen-bond acceptors (Lipinski definition) is 4. The van der Waals surface area contributed by atoms with Crippen molar-refractivity contribution in [2.75, 3.05) is 0 Å². The van der Waals surface area contributed by atoms with Gasteiger partial charge in [0.1, 0.15) is 5.75 Å². The minimum atomic E-state index is -2.02. The fraction of sp³-hybridized carbons (Fsp3) is 0.133. The third-order valence-corrected chi connectivity index (χ3v) is 3.87. The fourth-order valence-corrected chi connectivity index (χ4v) is 2.29. The Kier molecular flexibility index (Phi) is 6.35. The molecule has 0 saturated carbocycles. The summed E-state index contributed by atoms with van der Waals surface area (Å²) in [6, 6.07) is 11.5. The first-order valence-electron chi connectivity index (χ1n) is 6.71. The van der Waals surface area contributed by atoms with E-state index in [-0.39, 0.29) is 22.0 Å². The Hall–Kier alpha value is -1.73. The number of non-ortho nitro benzene ring substituents is 1. The highest BCUT2D eigenvalue weighted by Gasteiger charge is 2.37. The molecule has 0 spiro atoms. The van der Waals surface area contributed by atoms with Crippen LogP contribution < -0.4 is 10.1 Å². The average Bonchev–Trinajstić information content (AvgIpc) is 2.55. The monoisotopic (exact) mass is 422 g/mol. The van der Waals surface area contributed by atoms with E-state index < -0.39 is 20.9 Å². The fourth-order valence-electron chi connectivity index (χ4n) is 1.81. The van der Waals surface area contributed by atoms with Crippen LogP contribution in [0.25, 0.3) is 0 Å². The van der Waals surface area contributed by atoms with Crippen LogP contribution in [0.5, 0.6) is 5.75 Å². The second-order valence-electron chi connectivity index (χ2n) is 4.75. The Morgan fingerprint density at radius 3 is 2.44 bits per heavy atom. The molecular formula is C15H10Cl4N2O4. The first kappa shape index (κ1) is 19.6. The van der Waals surface area contributed by atoms with Gasteiger partial charge in [-0.05, 0) is 18.2 Å². The third-order valence-electron chi connectivity index (χ3n) is 2.96. The number of nitrogens with one attached hydrogen (secondary N) is 1. The van der Waals surface area contributed by atoms with E-state index in [1.54, 1.807) is 18.2 Å². The number of alkyl halides is 3. The van der Waals surface area contributed by atoms with Crippen molar-refractivity contribution in [3.63, 3.8) is 0 Å². The zero-order valence-corrected chi connectivity index (χ0v) is 15.3. The molecule has 0 aromatic heterocycles. The van der Waals surface area contributed by atoms with Gasteiger partial charge in [0, 0.05) is 17.7 Å². The SMILES string of the molecule is O=C(N[C@@H](Oc1ccccc1Cl)C(Cl)(Cl)Cl)c1cccc([N+](=O)[O-])c1. The Bertz CT molecular complexity index is 795. The van der Waals surface area contributed by atoms with Gasteiger partial charge in [-0.2, -0.15) is 0 Å². The summed E-state index contributed by atoms with van der Waals surface area (Å²) >= 11 is 23.5. The van der Waals surface area contributed by atoms with Crippen molar-refractivity contribution in [1.29, 1.82) is 0 Å². The lowest BCUT2D eigenvalue weighted by Gasteiger charge is -2.26. The smallest absolute Gasteiger partial charge is 0.270 e. The summed E-state index contributed by atoms with van der Waals surface area (Å²) in [5.41, 5.74) is -0.235. The van der Waals surface area contributed by atoms with Gasteiger partial charge in [-0.25, -0.2) is 0 Å². The van der Waals surface area contributed by atoms with Gasteiger partial charge in [-0.3, -0.25) is 14.9 Å². The van der Waals surface area contributed by atoms with E-state index in [4.69, 9.17) is 51.1 Å². The van der Waals surface area contributed by atoms with Gasteiger partial charge in [0.2, 0.25) is 10.0 Å². The number of benzene rings is 2. The van der Waals surface area contributed by atoms with Crippen molar-refractivity contribution in [3.05, 3.63) is 69.2 Å². The third kappa shape index (κ3) is 5.37. The maximum Gasteiger partial charge on any atom is 0.270 e. The number of para-hydroxylation sites is 1. The molecule has 0 aliphatic carbocycles. The normalized spacial score (nSPS) is 12.3.